The van der Waals surface area contributed by atoms with E-state index in [1.165, 1.54) is 5.56 Å². The molecule has 0 heterocycles. The van der Waals surface area contributed by atoms with E-state index in [0.29, 0.717) is 0 Å². The number of methoxy groups -OCH3 is 1. The van der Waals surface area contributed by atoms with Gasteiger partial charge >= 0.3 is 0 Å². The molecule has 0 aromatic heterocycles. The Hall–Kier alpha value is -1.34. The van der Waals surface area contributed by atoms with Crippen LogP contribution in [0, 0.1) is 11.8 Å². The zero-order valence-electron chi connectivity index (χ0n) is 11.1. The number of aliphatic hydroxyl groups excluding tert-OH is 1. The SMILES string of the molecule is COCCCN(C)Cc1ccc(C#CCO)cc1. The molecule has 0 atom stereocenters. The van der Waals surface area contributed by atoms with Crippen LogP contribution in [0.1, 0.15) is 17.5 Å². The summed E-state index contributed by atoms with van der Waals surface area (Å²) in [5.41, 5.74) is 2.21. The molecule has 0 aliphatic rings. The first kappa shape index (κ1) is 14.7. The number of nitrogens with zero attached hydrogens (tertiary/aromatic N) is 1. The van der Waals surface area contributed by atoms with Gasteiger partial charge < -0.3 is 14.7 Å². The van der Waals surface area contributed by atoms with Crippen molar-refractivity contribution in [2.75, 3.05) is 33.9 Å². The predicted octanol–water partition coefficient (Wildman–Crippen LogP) is 1.50. The van der Waals surface area contributed by atoms with Gasteiger partial charge in [0.25, 0.3) is 0 Å². The summed E-state index contributed by atoms with van der Waals surface area (Å²) >= 11 is 0. The molecular weight excluding hydrogens is 226 g/mol. The Balaban J connectivity index is 2.42. The largest absolute Gasteiger partial charge is 0.385 e. The van der Waals surface area contributed by atoms with Crippen molar-refractivity contribution in [2.24, 2.45) is 0 Å². The highest BCUT2D eigenvalue weighted by Gasteiger charge is 2.00. The number of hydrogen-bond donors (Lipinski definition) is 1. The van der Waals surface area contributed by atoms with Crippen LogP contribution in [-0.2, 0) is 11.3 Å². The number of rotatable bonds is 6. The van der Waals surface area contributed by atoms with Crippen LogP contribution >= 0.6 is 0 Å². The summed E-state index contributed by atoms with van der Waals surface area (Å²) in [5, 5.41) is 8.61. The third-order valence-electron chi connectivity index (χ3n) is 2.61. The quantitative estimate of drug-likeness (QED) is 0.611. The van der Waals surface area contributed by atoms with Gasteiger partial charge in [-0.1, -0.05) is 24.0 Å². The van der Waals surface area contributed by atoms with E-state index in [1.807, 2.05) is 12.1 Å². The summed E-state index contributed by atoms with van der Waals surface area (Å²) in [5.74, 6) is 5.53. The highest BCUT2D eigenvalue weighted by Crippen LogP contribution is 2.06. The van der Waals surface area contributed by atoms with Crippen molar-refractivity contribution in [2.45, 2.75) is 13.0 Å². The van der Waals surface area contributed by atoms with Crippen molar-refractivity contribution in [1.82, 2.24) is 4.90 Å². The van der Waals surface area contributed by atoms with Gasteiger partial charge in [-0.3, -0.25) is 0 Å². The maximum absolute atomic E-state index is 8.61. The van der Waals surface area contributed by atoms with Crippen LogP contribution in [0.25, 0.3) is 0 Å². The zero-order chi connectivity index (χ0) is 13.2. The highest BCUT2D eigenvalue weighted by atomic mass is 16.5. The van der Waals surface area contributed by atoms with Gasteiger partial charge in [0.15, 0.2) is 0 Å². The third kappa shape index (κ3) is 5.83. The van der Waals surface area contributed by atoms with Gasteiger partial charge in [0.1, 0.15) is 6.61 Å². The molecule has 3 heteroatoms. The lowest BCUT2D eigenvalue weighted by molar-refractivity contribution is 0.178. The van der Waals surface area contributed by atoms with Gasteiger partial charge in [-0.05, 0) is 31.2 Å². The third-order valence-corrected chi connectivity index (χ3v) is 2.61. The maximum atomic E-state index is 8.61. The zero-order valence-corrected chi connectivity index (χ0v) is 11.1. The molecule has 0 saturated carbocycles. The molecule has 3 nitrogen and oxygen atoms in total. The van der Waals surface area contributed by atoms with Crippen LogP contribution in [0.15, 0.2) is 24.3 Å². The van der Waals surface area contributed by atoms with E-state index >= 15 is 0 Å². The van der Waals surface area contributed by atoms with Gasteiger partial charge in [0.05, 0.1) is 0 Å². The first-order chi connectivity index (χ1) is 8.76. The van der Waals surface area contributed by atoms with E-state index in [-0.39, 0.29) is 6.61 Å². The molecule has 1 N–H and O–H groups in total. The molecule has 18 heavy (non-hydrogen) atoms. The normalized spacial score (nSPS) is 10.2. The molecule has 0 unspecified atom stereocenters. The van der Waals surface area contributed by atoms with Gasteiger partial charge in [-0.2, -0.15) is 0 Å². The Labute approximate surface area is 109 Å². The molecule has 0 aliphatic carbocycles. The number of aliphatic hydroxyl groups is 1. The smallest absolute Gasteiger partial charge is 0.104 e. The number of hydrogen-bond acceptors (Lipinski definition) is 3. The fourth-order valence-corrected chi connectivity index (χ4v) is 1.70. The Kier molecular flexibility index (Phi) is 7.12. The van der Waals surface area contributed by atoms with Crippen LogP contribution in [0.4, 0.5) is 0 Å². The second kappa shape index (κ2) is 8.71. The van der Waals surface area contributed by atoms with Crippen molar-refractivity contribution in [3.63, 3.8) is 0 Å². The van der Waals surface area contributed by atoms with Crippen LogP contribution in [0.2, 0.25) is 0 Å². The molecule has 1 aromatic rings. The minimum atomic E-state index is -0.0933. The molecule has 0 aliphatic heterocycles. The van der Waals surface area contributed by atoms with E-state index in [9.17, 15) is 0 Å². The van der Waals surface area contributed by atoms with Crippen molar-refractivity contribution >= 4 is 0 Å². The molecular formula is C15H21NO2. The second-order valence-corrected chi connectivity index (χ2v) is 4.24. The summed E-state index contributed by atoms with van der Waals surface area (Å²) in [4.78, 5) is 2.27. The van der Waals surface area contributed by atoms with Crippen LogP contribution < -0.4 is 0 Å². The highest BCUT2D eigenvalue weighted by molar-refractivity contribution is 5.36. The molecule has 0 amide bonds. The Morgan fingerprint density at radius 3 is 2.61 bits per heavy atom. The number of benzene rings is 1. The standard InChI is InChI=1S/C15H21NO2/c1-16(10-4-12-18-2)13-15-8-6-14(7-9-15)5-3-11-17/h6-9,17H,4,10-13H2,1-2H3. The van der Waals surface area contributed by atoms with Gasteiger partial charge in [-0.15, -0.1) is 0 Å². The summed E-state index contributed by atoms with van der Waals surface area (Å²) in [7, 11) is 3.83. The average molecular weight is 247 g/mol. The van der Waals surface area contributed by atoms with Crippen molar-refractivity contribution in [3.8, 4) is 11.8 Å². The minimum Gasteiger partial charge on any atom is -0.385 e. The minimum absolute atomic E-state index is 0.0933. The predicted molar refractivity (Wildman–Crippen MR) is 73.2 cm³/mol. The lowest BCUT2D eigenvalue weighted by atomic mass is 10.1. The van der Waals surface area contributed by atoms with Gasteiger partial charge in [0, 0.05) is 32.4 Å². The molecule has 0 bridgehead atoms. The van der Waals surface area contributed by atoms with E-state index in [0.717, 1.165) is 31.7 Å². The van der Waals surface area contributed by atoms with Crippen molar-refractivity contribution < 1.29 is 9.84 Å². The van der Waals surface area contributed by atoms with E-state index < -0.39 is 0 Å². The Morgan fingerprint density at radius 2 is 2.00 bits per heavy atom. The van der Waals surface area contributed by atoms with Crippen molar-refractivity contribution in [3.05, 3.63) is 35.4 Å². The van der Waals surface area contributed by atoms with Crippen LogP contribution in [0.3, 0.4) is 0 Å². The lowest BCUT2D eigenvalue weighted by Crippen LogP contribution is -2.20. The van der Waals surface area contributed by atoms with Gasteiger partial charge in [-0.25, -0.2) is 0 Å². The molecule has 1 aromatic carbocycles. The van der Waals surface area contributed by atoms with Crippen molar-refractivity contribution in [1.29, 1.82) is 0 Å². The topological polar surface area (TPSA) is 32.7 Å². The van der Waals surface area contributed by atoms with E-state index in [2.05, 4.69) is 35.9 Å². The summed E-state index contributed by atoms with van der Waals surface area (Å²) in [6.45, 7) is 2.67. The van der Waals surface area contributed by atoms with E-state index in [1.54, 1.807) is 7.11 Å². The van der Waals surface area contributed by atoms with E-state index in [4.69, 9.17) is 9.84 Å². The monoisotopic (exact) mass is 247 g/mol. The maximum Gasteiger partial charge on any atom is 0.104 e. The van der Waals surface area contributed by atoms with Crippen LogP contribution in [-0.4, -0.2) is 43.9 Å². The number of ether oxygens (including phenoxy) is 1. The fourth-order valence-electron chi connectivity index (χ4n) is 1.70. The average Bonchev–Trinajstić information content (AvgIpc) is 2.38. The molecule has 98 valence electrons. The summed E-state index contributed by atoms with van der Waals surface area (Å²) in [6.07, 6.45) is 1.05. The molecule has 0 spiro atoms. The Morgan fingerprint density at radius 1 is 1.28 bits per heavy atom. The second-order valence-electron chi connectivity index (χ2n) is 4.24. The summed E-state index contributed by atoms with van der Waals surface area (Å²) < 4.78 is 5.03. The Bertz CT molecular complexity index is 389. The fraction of sp³-hybridized carbons (Fsp3) is 0.467. The molecule has 0 fully saturated rings. The summed E-state index contributed by atoms with van der Waals surface area (Å²) in [6, 6.07) is 8.13. The molecule has 0 radical (unpaired) electrons. The van der Waals surface area contributed by atoms with Gasteiger partial charge in [0.2, 0.25) is 0 Å². The first-order valence-electron chi connectivity index (χ1n) is 6.12. The molecule has 0 saturated heterocycles. The molecule has 1 rings (SSSR count). The first-order valence-corrected chi connectivity index (χ1v) is 6.12. The van der Waals surface area contributed by atoms with Crippen LogP contribution in [0.5, 0.6) is 0 Å². The lowest BCUT2D eigenvalue weighted by Gasteiger charge is -2.16.